The summed E-state index contributed by atoms with van der Waals surface area (Å²) < 4.78 is 7.02. The van der Waals surface area contributed by atoms with Crippen molar-refractivity contribution in [3.63, 3.8) is 0 Å². The van der Waals surface area contributed by atoms with Crippen molar-refractivity contribution in [3.8, 4) is 0 Å². The first-order valence-electron chi connectivity index (χ1n) is 5.73. The number of nitrogens with zero attached hydrogens (tertiary/aromatic N) is 3. The minimum atomic E-state index is 0.357. The van der Waals surface area contributed by atoms with Crippen LogP contribution in [-0.2, 0) is 11.3 Å². The van der Waals surface area contributed by atoms with E-state index in [1.165, 1.54) is 0 Å². The highest BCUT2D eigenvalue weighted by molar-refractivity contribution is 4.85. The van der Waals surface area contributed by atoms with E-state index in [1.807, 2.05) is 4.68 Å². The molecule has 0 aliphatic rings. The van der Waals surface area contributed by atoms with Gasteiger partial charge in [0, 0.05) is 26.3 Å². The third-order valence-electron chi connectivity index (χ3n) is 2.36. The predicted molar refractivity (Wildman–Crippen MR) is 63.2 cm³/mol. The molecule has 16 heavy (non-hydrogen) atoms. The Morgan fingerprint density at radius 1 is 1.44 bits per heavy atom. The van der Waals surface area contributed by atoms with Crippen LogP contribution in [0.2, 0.25) is 0 Å². The molecule has 1 N–H and O–H groups in total. The second kappa shape index (κ2) is 6.60. The first-order chi connectivity index (χ1) is 7.65. The summed E-state index contributed by atoms with van der Waals surface area (Å²) in [6.45, 7) is 8.83. The van der Waals surface area contributed by atoms with Crippen LogP contribution in [0.5, 0.6) is 0 Å². The van der Waals surface area contributed by atoms with Gasteiger partial charge in [-0.2, -0.15) is 5.10 Å². The standard InChI is InChI=1S/C11H22N4O/c1-9(2)15-11(13-8-14-15)6-12-5-10(3)7-16-4/h8-10,12H,5-7H2,1-4H3. The van der Waals surface area contributed by atoms with E-state index >= 15 is 0 Å². The van der Waals surface area contributed by atoms with E-state index in [2.05, 4.69) is 36.2 Å². The SMILES string of the molecule is COCC(C)CNCc1ncnn1C(C)C. The van der Waals surface area contributed by atoms with Gasteiger partial charge in [0.05, 0.1) is 6.54 Å². The van der Waals surface area contributed by atoms with Gasteiger partial charge in [0.1, 0.15) is 12.2 Å². The quantitative estimate of drug-likeness (QED) is 0.760. The van der Waals surface area contributed by atoms with Gasteiger partial charge in [0.15, 0.2) is 0 Å². The van der Waals surface area contributed by atoms with Crippen LogP contribution in [0.15, 0.2) is 6.33 Å². The lowest BCUT2D eigenvalue weighted by atomic mass is 10.2. The molecule has 5 heteroatoms. The minimum Gasteiger partial charge on any atom is -0.384 e. The molecule has 0 aliphatic heterocycles. The van der Waals surface area contributed by atoms with E-state index in [-0.39, 0.29) is 0 Å². The fourth-order valence-electron chi connectivity index (χ4n) is 1.61. The molecule has 92 valence electrons. The lowest BCUT2D eigenvalue weighted by Gasteiger charge is -2.13. The second-order valence-electron chi connectivity index (χ2n) is 4.41. The second-order valence-corrected chi connectivity index (χ2v) is 4.41. The Labute approximate surface area is 97.2 Å². The van der Waals surface area contributed by atoms with Crippen LogP contribution in [0.1, 0.15) is 32.6 Å². The molecular weight excluding hydrogens is 204 g/mol. The van der Waals surface area contributed by atoms with Crippen LogP contribution in [0.3, 0.4) is 0 Å². The summed E-state index contributed by atoms with van der Waals surface area (Å²) in [5.74, 6) is 1.50. The van der Waals surface area contributed by atoms with E-state index in [0.717, 1.165) is 25.5 Å². The van der Waals surface area contributed by atoms with Gasteiger partial charge in [-0.25, -0.2) is 9.67 Å². The Morgan fingerprint density at radius 2 is 2.19 bits per heavy atom. The zero-order chi connectivity index (χ0) is 12.0. The lowest BCUT2D eigenvalue weighted by molar-refractivity contribution is 0.158. The summed E-state index contributed by atoms with van der Waals surface area (Å²) >= 11 is 0. The van der Waals surface area contributed by atoms with Crippen molar-refractivity contribution in [1.29, 1.82) is 0 Å². The van der Waals surface area contributed by atoms with Crippen LogP contribution in [0.25, 0.3) is 0 Å². The highest BCUT2D eigenvalue weighted by Gasteiger charge is 2.07. The molecule has 0 saturated carbocycles. The molecule has 0 aromatic carbocycles. The van der Waals surface area contributed by atoms with Crippen molar-refractivity contribution in [3.05, 3.63) is 12.2 Å². The maximum atomic E-state index is 5.08. The van der Waals surface area contributed by atoms with Gasteiger partial charge >= 0.3 is 0 Å². The van der Waals surface area contributed by atoms with E-state index in [4.69, 9.17) is 4.74 Å². The first kappa shape index (κ1) is 13.1. The van der Waals surface area contributed by atoms with E-state index in [0.29, 0.717) is 12.0 Å². The highest BCUT2D eigenvalue weighted by atomic mass is 16.5. The third-order valence-corrected chi connectivity index (χ3v) is 2.36. The Hall–Kier alpha value is -0.940. The summed E-state index contributed by atoms with van der Waals surface area (Å²) in [5.41, 5.74) is 0. The molecule has 0 radical (unpaired) electrons. The monoisotopic (exact) mass is 226 g/mol. The molecule has 1 rings (SSSR count). The van der Waals surface area contributed by atoms with Gasteiger partial charge in [0.2, 0.25) is 0 Å². The average Bonchev–Trinajstić information content (AvgIpc) is 2.66. The van der Waals surface area contributed by atoms with Gasteiger partial charge < -0.3 is 10.1 Å². The van der Waals surface area contributed by atoms with Crippen molar-refractivity contribution < 1.29 is 4.74 Å². The summed E-state index contributed by atoms with van der Waals surface area (Å²) in [4.78, 5) is 4.24. The Morgan fingerprint density at radius 3 is 2.81 bits per heavy atom. The molecule has 1 unspecified atom stereocenters. The molecule has 5 nitrogen and oxygen atoms in total. The normalized spacial score (nSPS) is 13.3. The summed E-state index contributed by atoms with van der Waals surface area (Å²) in [5, 5.41) is 7.55. The molecule has 1 aromatic rings. The van der Waals surface area contributed by atoms with Gasteiger partial charge in [-0.1, -0.05) is 6.92 Å². The number of nitrogens with one attached hydrogen (secondary N) is 1. The van der Waals surface area contributed by atoms with E-state index in [1.54, 1.807) is 13.4 Å². The van der Waals surface area contributed by atoms with Crippen LogP contribution in [-0.4, -0.2) is 35.0 Å². The smallest absolute Gasteiger partial charge is 0.141 e. The van der Waals surface area contributed by atoms with Crippen molar-refractivity contribution in [2.75, 3.05) is 20.3 Å². The van der Waals surface area contributed by atoms with Gasteiger partial charge in [0.25, 0.3) is 0 Å². The van der Waals surface area contributed by atoms with Crippen LogP contribution in [0, 0.1) is 5.92 Å². The van der Waals surface area contributed by atoms with Crippen LogP contribution >= 0.6 is 0 Å². The van der Waals surface area contributed by atoms with Crippen LogP contribution in [0.4, 0.5) is 0 Å². The van der Waals surface area contributed by atoms with Crippen molar-refractivity contribution >= 4 is 0 Å². The molecule has 1 heterocycles. The first-order valence-corrected chi connectivity index (χ1v) is 5.73. The van der Waals surface area contributed by atoms with Crippen LogP contribution < -0.4 is 5.32 Å². The van der Waals surface area contributed by atoms with E-state index in [9.17, 15) is 0 Å². The molecule has 0 saturated heterocycles. The van der Waals surface area contributed by atoms with Crippen molar-refractivity contribution in [2.24, 2.45) is 5.92 Å². The van der Waals surface area contributed by atoms with Gasteiger partial charge in [-0.15, -0.1) is 0 Å². The molecule has 0 fully saturated rings. The fourth-order valence-corrected chi connectivity index (χ4v) is 1.61. The Kier molecular flexibility index (Phi) is 5.42. The fraction of sp³-hybridized carbons (Fsp3) is 0.818. The number of methoxy groups -OCH3 is 1. The van der Waals surface area contributed by atoms with Gasteiger partial charge in [-0.05, 0) is 19.8 Å². The highest BCUT2D eigenvalue weighted by Crippen LogP contribution is 2.04. The number of hydrogen-bond acceptors (Lipinski definition) is 4. The predicted octanol–water partition coefficient (Wildman–Crippen LogP) is 1.23. The maximum Gasteiger partial charge on any atom is 0.141 e. The van der Waals surface area contributed by atoms with Gasteiger partial charge in [-0.3, -0.25) is 0 Å². The zero-order valence-electron chi connectivity index (χ0n) is 10.6. The lowest BCUT2D eigenvalue weighted by Crippen LogP contribution is -2.25. The summed E-state index contributed by atoms with van der Waals surface area (Å²) in [6, 6.07) is 0.357. The summed E-state index contributed by atoms with van der Waals surface area (Å²) in [7, 11) is 1.73. The molecule has 1 atom stereocenters. The van der Waals surface area contributed by atoms with E-state index < -0.39 is 0 Å². The molecule has 0 aliphatic carbocycles. The largest absolute Gasteiger partial charge is 0.384 e. The Bertz CT molecular complexity index is 298. The summed E-state index contributed by atoms with van der Waals surface area (Å²) in [6.07, 6.45) is 1.61. The topological polar surface area (TPSA) is 52.0 Å². The molecule has 1 aromatic heterocycles. The maximum absolute atomic E-state index is 5.08. The molecule has 0 amide bonds. The number of aromatic nitrogens is 3. The molecular formula is C11H22N4O. The zero-order valence-corrected chi connectivity index (χ0v) is 10.6. The third kappa shape index (κ3) is 3.90. The minimum absolute atomic E-state index is 0.357. The number of hydrogen-bond donors (Lipinski definition) is 1. The molecule has 0 spiro atoms. The average molecular weight is 226 g/mol. The van der Waals surface area contributed by atoms with Crippen molar-refractivity contribution in [1.82, 2.24) is 20.1 Å². The van der Waals surface area contributed by atoms with Crippen molar-refractivity contribution in [2.45, 2.75) is 33.4 Å². The Balaban J connectivity index is 2.34. The number of ether oxygens (including phenoxy) is 1. The number of rotatable bonds is 7. The molecule has 0 bridgehead atoms.